The van der Waals surface area contributed by atoms with E-state index in [2.05, 4.69) is 10.3 Å². The highest BCUT2D eigenvalue weighted by molar-refractivity contribution is 6.05. The molecule has 2 aromatic rings. The van der Waals surface area contributed by atoms with Crippen LogP contribution in [0.25, 0.3) is 10.9 Å². The summed E-state index contributed by atoms with van der Waals surface area (Å²) in [6.07, 6.45) is 7.20. The zero-order valence-corrected chi connectivity index (χ0v) is 12.1. The average molecular weight is 286 g/mol. The quantitative estimate of drug-likeness (QED) is 0.809. The molecule has 0 spiro atoms. The van der Waals surface area contributed by atoms with Gasteiger partial charge in [-0.3, -0.25) is 4.79 Å². The number of fused-ring (bicyclic) bond motifs is 1. The fourth-order valence-corrected chi connectivity index (χ4v) is 3.25. The highest BCUT2D eigenvalue weighted by Gasteiger charge is 2.22. The van der Waals surface area contributed by atoms with Crippen molar-refractivity contribution in [2.75, 3.05) is 6.54 Å². The van der Waals surface area contributed by atoms with Crippen molar-refractivity contribution in [3.8, 4) is 0 Å². The number of H-pyrrole nitrogens is 1. The molecule has 4 heteroatoms. The number of rotatable bonds is 4. The van der Waals surface area contributed by atoms with E-state index in [9.17, 15) is 9.90 Å². The lowest BCUT2D eigenvalue weighted by atomic mass is 9.85. The van der Waals surface area contributed by atoms with E-state index >= 15 is 0 Å². The van der Waals surface area contributed by atoms with Gasteiger partial charge in [0.05, 0.1) is 17.2 Å². The monoisotopic (exact) mass is 286 g/mol. The maximum absolute atomic E-state index is 12.3. The first-order chi connectivity index (χ1) is 10.3. The number of carbonyl (C=O) groups excluding carboxylic acids is 1. The van der Waals surface area contributed by atoms with Crippen LogP contribution in [0.5, 0.6) is 0 Å². The minimum absolute atomic E-state index is 0.127. The number of aromatic nitrogens is 1. The number of aliphatic hydroxyl groups is 1. The third-order valence-corrected chi connectivity index (χ3v) is 4.50. The van der Waals surface area contributed by atoms with Crippen LogP contribution in [-0.4, -0.2) is 28.6 Å². The second-order valence-corrected chi connectivity index (χ2v) is 5.92. The van der Waals surface area contributed by atoms with Crippen LogP contribution in [0.4, 0.5) is 0 Å². The van der Waals surface area contributed by atoms with E-state index in [1.54, 1.807) is 6.07 Å². The lowest BCUT2D eigenvalue weighted by molar-refractivity contribution is 0.0739. The van der Waals surface area contributed by atoms with E-state index in [1.165, 1.54) is 19.3 Å². The van der Waals surface area contributed by atoms with E-state index < -0.39 is 6.10 Å². The summed E-state index contributed by atoms with van der Waals surface area (Å²) in [6, 6.07) is 7.60. The fraction of sp³-hybridized carbons (Fsp3) is 0.471. The molecule has 1 atom stereocenters. The molecule has 1 amide bonds. The zero-order chi connectivity index (χ0) is 14.7. The Labute approximate surface area is 124 Å². The van der Waals surface area contributed by atoms with Gasteiger partial charge in [0, 0.05) is 18.1 Å². The average Bonchev–Trinajstić information content (AvgIpc) is 3.01. The molecule has 112 valence electrons. The van der Waals surface area contributed by atoms with Crippen molar-refractivity contribution in [2.45, 2.75) is 38.2 Å². The number of hydrogen-bond acceptors (Lipinski definition) is 2. The van der Waals surface area contributed by atoms with Crippen LogP contribution in [-0.2, 0) is 0 Å². The van der Waals surface area contributed by atoms with Gasteiger partial charge in [0.1, 0.15) is 0 Å². The molecular formula is C17H22N2O2. The molecule has 21 heavy (non-hydrogen) atoms. The summed E-state index contributed by atoms with van der Waals surface area (Å²) >= 11 is 0. The second-order valence-electron chi connectivity index (χ2n) is 5.92. The van der Waals surface area contributed by atoms with Crippen LogP contribution >= 0.6 is 0 Å². The Kier molecular flexibility index (Phi) is 4.25. The Balaban J connectivity index is 1.62. The smallest absolute Gasteiger partial charge is 0.253 e. The van der Waals surface area contributed by atoms with Crippen LogP contribution in [0.15, 0.2) is 30.5 Å². The molecule has 1 heterocycles. The first-order valence-corrected chi connectivity index (χ1v) is 7.78. The molecule has 0 saturated heterocycles. The Hall–Kier alpha value is -1.81. The fourth-order valence-electron chi connectivity index (χ4n) is 3.25. The van der Waals surface area contributed by atoms with Gasteiger partial charge in [-0.25, -0.2) is 0 Å². The number of hydrogen-bond donors (Lipinski definition) is 3. The van der Waals surface area contributed by atoms with Crippen molar-refractivity contribution in [3.05, 3.63) is 36.0 Å². The molecule has 0 unspecified atom stereocenters. The van der Waals surface area contributed by atoms with Gasteiger partial charge in [-0.15, -0.1) is 0 Å². The summed E-state index contributed by atoms with van der Waals surface area (Å²) in [5.74, 6) is 0.207. The van der Waals surface area contributed by atoms with Crippen LogP contribution in [0.3, 0.4) is 0 Å². The molecule has 0 bridgehead atoms. The Morgan fingerprint density at radius 2 is 2.10 bits per heavy atom. The Morgan fingerprint density at radius 3 is 2.90 bits per heavy atom. The second kappa shape index (κ2) is 6.31. The van der Waals surface area contributed by atoms with Gasteiger partial charge < -0.3 is 15.4 Å². The molecule has 3 N–H and O–H groups in total. The molecule has 1 aromatic heterocycles. The minimum atomic E-state index is -0.433. The normalized spacial score (nSPS) is 17.8. The molecule has 1 aliphatic carbocycles. The minimum Gasteiger partial charge on any atom is -0.391 e. The van der Waals surface area contributed by atoms with E-state index in [1.807, 2.05) is 24.4 Å². The Morgan fingerprint density at radius 1 is 1.29 bits per heavy atom. The molecule has 1 aromatic carbocycles. The van der Waals surface area contributed by atoms with E-state index in [-0.39, 0.29) is 5.91 Å². The van der Waals surface area contributed by atoms with Gasteiger partial charge in [0.15, 0.2) is 0 Å². The lowest BCUT2D eigenvalue weighted by Crippen LogP contribution is -2.37. The molecular weight excluding hydrogens is 264 g/mol. The highest BCUT2D eigenvalue weighted by Crippen LogP contribution is 2.26. The molecule has 0 aliphatic heterocycles. The predicted octanol–water partition coefficient (Wildman–Crippen LogP) is 2.84. The van der Waals surface area contributed by atoms with Gasteiger partial charge in [-0.1, -0.05) is 31.4 Å². The van der Waals surface area contributed by atoms with Crippen LogP contribution in [0, 0.1) is 5.92 Å². The number of aliphatic hydroxyl groups excluding tert-OH is 1. The van der Waals surface area contributed by atoms with Gasteiger partial charge in [0.2, 0.25) is 0 Å². The summed E-state index contributed by atoms with van der Waals surface area (Å²) in [5, 5.41) is 14.1. The molecule has 4 nitrogen and oxygen atoms in total. The molecule has 0 radical (unpaired) electrons. The van der Waals surface area contributed by atoms with Crippen LogP contribution in [0.2, 0.25) is 0 Å². The van der Waals surface area contributed by atoms with Gasteiger partial charge >= 0.3 is 0 Å². The summed E-state index contributed by atoms with van der Waals surface area (Å²) in [6.45, 7) is 0.334. The number of nitrogens with one attached hydrogen (secondary N) is 2. The number of benzene rings is 1. The van der Waals surface area contributed by atoms with Crippen molar-refractivity contribution < 1.29 is 9.90 Å². The first kappa shape index (κ1) is 14.1. The molecule has 1 saturated carbocycles. The third-order valence-electron chi connectivity index (χ3n) is 4.50. The molecule has 3 rings (SSSR count). The van der Waals surface area contributed by atoms with Gasteiger partial charge in [-0.2, -0.15) is 0 Å². The highest BCUT2D eigenvalue weighted by atomic mass is 16.3. The van der Waals surface area contributed by atoms with Crippen molar-refractivity contribution >= 4 is 16.8 Å². The largest absolute Gasteiger partial charge is 0.391 e. The summed E-state index contributed by atoms with van der Waals surface area (Å²) < 4.78 is 0. The SMILES string of the molecule is O=C(NC[C@H](O)C1CCCCC1)c1cccc2cc[nH]c12. The van der Waals surface area contributed by atoms with Gasteiger partial charge in [-0.05, 0) is 30.9 Å². The first-order valence-electron chi connectivity index (χ1n) is 7.78. The standard InChI is InChI=1S/C17H22N2O2/c20-15(12-5-2-1-3-6-12)11-19-17(21)14-8-4-7-13-9-10-18-16(13)14/h4,7-10,12,15,18,20H,1-3,5-6,11H2,(H,19,21)/t15-/m0/s1. The van der Waals surface area contributed by atoms with Crippen molar-refractivity contribution in [1.29, 1.82) is 0 Å². The summed E-state index contributed by atoms with van der Waals surface area (Å²) in [4.78, 5) is 15.4. The lowest BCUT2D eigenvalue weighted by Gasteiger charge is -2.26. The predicted molar refractivity (Wildman–Crippen MR) is 83.2 cm³/mol. The van der Waals surface area contributed by atoms with E-state index in [0.717, 1.165) is 23.7 Å². The van der Waals surface area contributed by atoms with Crippen molar-refractivity contribution in [2.24, 2.45) is 5.92 Å². The summed E-state index contributed by atoms with van der Waals surface area (Å²) in [7, 11) is 0. The number of amides is 1. The molecule has 1 aliphatic rings. The van der Waals surface area contributed by atoms with Crippen molar-refractivity contribution in [1.82, 2.24) is 10.3 Å². The maximum Gasteiger partial charge on any atom is 0.253 e. The Bertz CT molecular complexity index is 614. The van der Waals surface area contributed by atoms with E-state index in [0.29, 0.717) is 18.0 Å². The number of para-hydroxylation sites is 1. The third kappa shape index (κ3) is 3.10. The molecule has 1 fully saturated rings. The van der Waals surface area contributed by atoms with Gasteiger partial charge in [0.25, 0.3) is 5.91 Å². The van der Waals surface area contributed by atoms with Crippen molar-refractivity contribution in [3.63, 3.8) is 0 Å². The zero-order valence-electron chi connectivity index (χ0n) is 12.1. The van der Waals surface area contributed by atoms with Crippen LogP contribution in [0.1, 0.15) is 42.5 Å². The maximum atomic E-state index is 12.3. The number of aromatic amines is 1. The number of carbonyl (C=O) groups is 1. The topological polar surface area (TPSA) is 65.1 Å². The van der Waals surface area contributed by atoms with Crippen LogP contribution < -0.4 is 5.32 Å². The van der Waals surface area contributed by atoms with E-state index in [4.69, 9.17) is 0 Å². The summed E-state index contributed by atoms with van der Waals surface area (Å²) in [5.41, 5.74) is 1.48.